The smallest absolute Gasteiger partial charge is 0.244 e. The van der Waals surface area contributed by atoms with E-state index in [2.05, 4.69) is 0 Å². The summed E-state index contributed by atoms with van der Waals surface area (Å²) in [5.41, 5.74) is 5.73. The summed E-state index contributed by atoms with van der Waals surface area (Å²) in [6, 6.07) is 4.28. The molecule has 1 aromatic rings. The van der Waals surface area contributed by atoms with E-state index in [4.69, 9.17) is 33.7 Å². The van der Waals surface area contributed by atoms with E-state index >= 15 is 0 Å². The molecule has 1 saturated heterocycles. The van der Waals surface area contributed by atoms with E-state index in [1.807, 2.05) is 0 Å². The highest BCUT2D eigenvalue weighted by atomic mass is 35.5. The molecule has 0 aromatic heterocycles. The minimum atomic E-state index is -3.73. The van der Waals surface area contributed by atoms with Crippen molar-refractivity contribution >= 4 is 33.2 Å². The van der Waals surface area contributed by atoms with Crippen molar-refractivity contribution in [3.05, 3.63) is 28.2 Å². The molecule has 0 spiro atoms. The number of rotatable bonds is 4. The van der Waals surface area contributed by atoms with Gasteiger partial charge >= 0.3 is 0 Å². The fourth-order valence-corrected chi connectivity index (χ4v) is 4.95. The molecule has 8 heteroatoms. The SMILES string of the molecule is COC1CCN(S(=O)(=O)c2cccc(Cl)c2Cl)C(CN)C1. The number of piperidine rings is 1. The van der Waals surface area contributed by atoms with Gasteiger partial charge in [0.2, 0.25) is 10.0 Å². The summed E-state index contributed by atoms with van der Waals surface area (Å²) < 4.78 is 32.3. The Morgan fingerprint density at radius 1 is 1.43 bits per heavy atom. The van der Waals surface area contributed by atoms with Gasteiger partial charge in [-0.15, -0.1) is 0 Å². The standard InChI is InChI=1S/C13H18Cl2N2O3S/c1-20-10-5-6-17(9(7-10)8-16)21(18,19)12-4-2-3-11(14)13(12)15/h2-4,9-10H,5-8,16H2,1H3. The van der Waals surface area contributed by atoms with Crippen LogP contribution in [0.25, 0.3) is 0 Å². The van der Waals surface area contributed by atoms with E-state index in [9.17, 15) is 8.42 Å². The van der Waals surface area contributed by atoms with Gasteiger partial charge in [0.05, 0.1) is 16.1 Å². The first-order valence-corrected chi connectivity index (χ1v) is 8.80. The predicted molar refractivity (Wildman–Crippen MR) is 83.2 cm³/mol. The lowest BCUT2D eigenvalue weighted by atomic mass is 10.0. The summed E-state index contributed by atoms with van der Waals surface area (Å²) in [5.74, 6) is 0. The van der Waals surface area contributed by atoms with Crippen LogP contribution in [0.2, 0.25) is 10.0 Å². The van der Waals surface area contributed by atoms with Crippen molar-refractivity contribution in [1.29, 1.82) is 0 Å². The second-order valence-electron chi connectivity index (χ2n) is 4.94. The van der Waals surface area contributed by atoms with Crippen LogP contribution in [0.4, 0.5) is 0 Å². The maximum absolute atomic E-state index is 12.8. The van der Waals surface area contributed by atoms with Crippen LogP contribution in [0.3, 0.4) is 0 Å². The van der Waals surface area contributed by atoms with Crippen molar-refractivity contribution in [2.24, 2.45) is 5.73 Å². The molecule has 21 heavy (non-hydrogen) atoms. The van der Waals surface area contributed by atoms with E-state index in [0.29, 0.717) is 19.4 Å². The van der Waals surface area contributed by atoms with Crippen LogP contribution in [0, 0.1) is 0 Å². The van der Waals surface area contributed by atoms with Crippen molar-refractivity contribution in [3.63, 3.8) is 0 Å². The summed E-state index contributed by atoms with van der Waals surface area (Å²) >= 11 is 12.0. The molecule has 2 unspecified atom stereocenters. The Kier molecular flexibility index (Phi) is 5.51. The van der Waals surface area contributed by atoms with Crippen LogP contribution in [0.1, 0.15) is 12.8 Å². The van der Waals surface area contributed by atoms with E-state index in [1.54, 1.807) is 19.2 Å². The van der Waals surface area contributed by atoms with Crippen LogP contribution >= 0.6 is 23.2 Å². The van der Waals surface area contributed by atoms with Crippen LogP contribution in [-0.2, 0) is 14.8 Å². The zero-order valence-electron chi connectivity index (χ0n) is 11.6. The van der Waals surface area contributed by atoms with Crippen LogP contribution in [0.5, 0.6) is 0 Å². The Morgan fingerprint density at radius 3 is 2.76 bits per heavy atom. The van der Waals surface area contributed by atoms with Crippen molar-refractivity contribution in [2.45, 2.75) is 29.9 Å². The summed E-state index contributed by atoms with van der Waals surface area (Å²) in [7, 11) is -2.11. The molecule has 1 aliphatic heterocycles. The molecule has 118 valence electrons. The number of hydrogen-bond donors (Lipinski definition) is 1. The Hall–Kier alpha value is -0.370. The summed E-state index contributed by atoms with van der Waals surface area (Å²) in [6.07, 6.45) is 1.23. The molecule has 5 nitrogen and oxygen atoms in total. The first-order chi connectivity index (χ1) is 9.91. The highest BCUT2D eigenvalue weighted by molar-refractivity contribution is 7.89. The number of sulfonamides is 1. The Labute approximate surface area is 135 Å². The molecule has 0 saturated carbocycles. The number of nitrogens with zero attached hydrogens (tertiary/aromatic N) is 1. The van der Waals surface area contributed by atoms with Crippen molar-refractivity contribution in [3.8, 4) is 0 Å². The van der Waals surface area contributed by atoms with Crippen molar-refractivity contribution in [2.75, 3.05) is 20.2 Å². The highest BCUT2D eigenvalue weighted by Crippen LogP contribution is 2.33. The van der Waals surface area contributed by atoms with Crippen molar-refractivity contribution < 1.29 is 13.2 Å². The first kappa shape index (κ1) is 17.0. The lowest BCUT2D eigenvalue weighted by molar-refractivity contribution is 0.0401. The zero-order valence-corrected chi connectivity index (χ0v) is 14.0. The Bertz CT molecular complexity index is 609. The van der Waals surface area contributed by atoms with E-state index < -0.39 is 10.0 Å². The maximum Gasteiger partial charge on any atom is 0.244 e. The van der Waals surface area contributed by atoms with Gasteiger partial charge < -0.3 is 10.5 Å². The quantitative estimate of drug-likeness (QED) is 0.900. The van der Waals surface area contributed by atoms with Gasteiger partial charge in [-0.1, -0.05) is 29.3 Å². The second kappa shape index (κ2) is 6.81. The number of halogens is 2. The summed E-state index contributed by atoms with van der Waals surface area (Å²) in [5, 5.41) is 0.262. The van der Waals surface area contributed by atoms with Crippen LogP contribution in [-0.4, -0.2) is 45.1 Å². The van der Waals surface area contributed by atoms with E-state index in [-0.39, 0.29) is 33.6 Å². The molecule has 1 aliphatic rings. The lowest BCUT2D eigenvalue weighted by Gasteiger charge is -2.37. The average molecular weight is 353 g/mol. The molecule has 0 aliphatic carbocycles. The van der Waals surface area contributed by atoms with Gasteiger partial charge in [-0.2, -0.15) is 4.31 Å². The molecule has 2 N–H and O–H groups in total. The molecule has 2 rings (SSSR count). The number of nitrogens with two attached hydrogens (primary N) is 1. The third kappa shape index (κ3) is 3.36. The van der Waals surface area contributed by atoms with E-state index in [1.165, 1.54) is 10.4 Å². The monoisotopic (exact) mass is 352 g/mol. The number of benzene rings is 1. The highest BCUT2D eigenvalue weighted by Gasteiger charge is 2.37. The number of hydrogen-bond acceptors (Lipinski definition) is 4. The van der Waals surface area contributed by atoms with Gasteiger partial charge in [0.15, 0.2) is 0 Å². The normalized spacial score (nSPS) is 24.2. The molecule has 2 atom stereocenters. The molecule has 0 bridgehead atoms. The van der Waals surface area contributed by atoms with Gasteiger partial charge in [-0.25, -0.2) is 8.42 Å². The van der Waals surface area contributed by atoms with Gasteiger partial charge in [0.1, 0.15) is 4.90 Å². The molecule has 1 fully saturated rings. The Balaban J connectivity index is 2.37. The third-order valence-electron chi connectivity index (χ3n) is 3.72. The fourth-order valence-electron chi connectivity index (χ4n) is 2.55. The minimum absolute atomic E-state index is 0.0194. The molecule has 0 amide bonds. The molecule has 1 aromatic carbocycles. The van der Waals surface area contributed by atoms with Gasteiger partial charge in [0.25, 0.3) is 0 Å². The van der Waals surface area contributed by atoms with Crippen molar-refractivity contribution in [1.82, 2.24) is 4.31 Å². The molecule has 0 radical (unpaired) electrons. The average Bonchev–Trinajstić information content (AvgIpc) is 2.49. The third-order valence-corrected chi connectivity index (χ3v) is 6.65. The minimum Gasteiger partial charge on any atom is -0.381 e. The van der Waals surface area contributed by atoms with Crippen LogP contribution < -0.4 is 5.73 Å². The predicted octanol–water partition coefficient (Wildman–Crippen LogP) is 2.12. The lowest BCUT2D eigenvalue weighted by Crippen LogP contribution is -2.51. The number of ether oxygens (including phenoxy) is 1. The largest absolute Gasteiger partial charge is 0.381 e. The first-order valence-electron chi connectivity index (χ1n) is 6.60. The fraction of sp³-hybridized carbons (Fsp3) is 0.538. The van der Waals surface area contributed by atoms with E-state index in [0.717, 1.165) is 0 Å². The maximum atomic E-state index is 12.8. The molecule has 1 heterocycles. The number of methoxy groups -OCH3 is 1. The van der Waals surface area contributed by atoms with Gasteiger partial charge in [-0.05, 0) is 25.0 Å². The van der Waals surface area contributed by atoms with Gasteiger partial charge in [0, 0.05) is 26.2 Å². The zero-order chi connectivity index (χ0) is 15.6. The Morgan fingerprint density at radius 2 is 2.14 bits per heavy atom. The summed E-state index contributed by atoms with van der Waals surface area (Å²) in [6.45, 7) is 0.586. The van der Waals surface area contributed by atoms with Gasteiger partial charge in [-0.3, -0.25) is 0 Å². The second-order valence-corrected chi connectivity index (χ2v) is 7.58. The summed E-state index contributed by atoms with van der Waals surface area (Å²) in [4.78, 5) is 0.0194. The molecular weight excluding hydrogens is 335 g/mol. The molecular formula is C13H18Cl2N2O3S. The van der Waals surface area contributed by atoms with Crippen LogP contribution in [0.15, 0.2) is 23.1 Å². The topological polar surface area (TPSA) is 72.6 Å².